The van der Waals surface area contributed by atoms with E-state index in [9.17, 15) is 4.79 Å². The second-order valence-corrected chi connectivity index (χ2v) is 5.05. The maximum absolute atomic E-state index is 12.2. The van der Waals surface area contributed by atoms with Gasteiger partial charge in [-0.2, -0.15) is 0 Å². The van der Waals surface area contributed by atoms with E-state index in [1.165, 1.54) is 0 Å². The summed E-state index contributed by atoms with van der Waals surface area (Å²) in [5, 5.41) is 3.05. The summed E-state index contributed by atoms with van der Waals surface area (Å²) in [7, 11) is 0. The number of carbonyl (C=O) groups excluding carboxylic acids is 1. The summed E-state index contributed by atoms with van der Waals surface area (Å²) in [5.41, 5.74) is 7.92. The number of aromatic nitrogens is 1. The number of rotatable bonds is 3. The molecule has 0 radical (unpaired) electrons. The van der Waals surface area contributed by atoms with Gasteiger partial charge in [0.05, 0.1) is 31.0 Å². The van der Waals surface area contributed by atoms with Crippen molar-refractivity contribution < 1.29 is 9.53 Å². The average Bonchev–Trinajstić information content (AvgIpc) is 2.50. The highest BCUT2D eigenvalue weighted by Gasteiger charge is 2.22. The number of nitrogens with one attached hydrogen (secondary N) is 1. The Bertz CT molecular complexity index is 646. The average molecular weight is 320 g/mol. The predicted molar refractivity (Wildman–Crippen MR) is 87.0 cm³/mol. The first-order chi connectivity index (χ1) is 10.2. The van der Waals surface area contributed by atoms with Gasteiger partial charge < -0.3 is 15.8 Å². The van der Waals surface area contributed by atoms with E-state index in [2.05, 4.69) is 10.3 Å². The number of hydrogen-bond donors (Lipinski definition) is 2. The van der Waals surface area contributed by atoms with Crippen LogP contribution in [-0.2, 0) is 11.2 Å². The van der Waals surface area contributed by atoms with Crippen LogP contribution in [0.5, 0.6) is 5.75 Å². The summed E-state index contributed by atoms with van der Waals surface area (Å²) in [5.74, 6) is 0.800. The second-order valence-electron chi connectivity index (χ2n) is 5.05. The van der Waals surface area contributed by atoms with E-state index in [0.717, 1.165) is 17.7 Å². The van der Waals surface area contributed by atoms with Crippen LogP contribution < -0.4 is 15.8 Å². The Balaban J connectivity index is 0.00000176. The van der Waals surface area contributed by atoms with E-state index >= 15 is 0 Å². The Kier molecular flexibility index (Phi) is 5.22. The van der Waals surface area contributed by atoms with Gasteiger partial charge in [-0.15, -0.1) is 12.4 Å². The highest BCUT2D eigenvalue weighted by Crippen LogP contribution is 2.31. The van der Waals surface area contributed by atoms with Crippen LogP contribution >= 0.6 is 12.4 Å². The molecule has 0 saturated carbocycles. The molecule has 0 aliphatic carbocycles. The van der Waals surface area contributed by atoms with Crippen molar-refractivity contribution >= 4 is 24.0 Å². The van der Waals surface area contributed by atoms with Crippen molar-refractivity contribution in [1.29, 1.82) is 0 Å². The lowest BCUT2D eigenvalue weighted by Gasteiger charge is -2.26. The van der Waals surface area contributed by atoms with Gasteiger partial charge in [0.15, 0.2) is 0 Å². The van der Waals surface area contributed by atoms with Gasteiger partial charge in [0.1, 0.15) is 5.75 Å². The highest BCUT2D eigenvalue weighted by atomic mass is 35.5. The van der Waals surface area contributed by atoms with Crippen molar-refractivity contribution in [3.63, 3.8) is 0 Å². The number of amides is 1. The molecule has 1 aromatic carbocycles. The first kappa shape index (κ1) is 16.1. The molecule has 1 amide bonds. The summed E-state index contributed by atoms with van der Waals surface area (Å²) >= 11 is 0. The van der Waals surface area contributed by atoms with Gasteiger partial charge in [-0.05, 0) is 18.2 Å². The Morgan fingerprint density at radius 3 is 2.91 bits per heavy atom. The molecule has 3 rings (SSSR count). The molecule has 0 fully saturated rings. The summed E-state index contributed by atoms with van der Waals surface area (Å²) in [6.45, 7) is 0.613. The number of para-hydroxylation sites is 1. The van der Waals surface area contributed by atoms with Gasteiger partial charge >= 0.3 is 0 Å². The van der Waals surface area contributed by atoms with E-state index < -0.39 is 0 Å². The number of fused-ring (bicyclic) bond motifs is 1. The van der Waals surface area contributed by atoms with Gasteiger partial charge in [0.25, 0.3) is 0 Å². The minimum absolute atomic E-state index is 0. The summed E-state index contributed by atoms with van der Waals surface area (Å²) < 4.78 is 5.59. The molecule has 0 bridgehead atoms. The second kappa shape index (κ2) is 7.13. The fourth-order valence-electron chi connectivity index (χ4n) is 2.44. The molecule has 116 valence electrons. The van der Waals surface area contributed by atoms with Crippen molar-refractivity contribution in [3.8, 4) is 5.75 Å². The zero-order valence-corrected chi connectivity index (χ0v) is 12.8. The third-order valence-corrected chi connectivity index (χ3v) is 3.48. The largest absolute Gasteiger partial charge is 0.493 e. The maximum Gasteiger partial charge on any atom is 0.226 e. The monoisotopic (exact) mass is 319 g/mol. The minimum atomic E-state index is -0.0472. The number of halogens is 1. The number of hydrogen-bond acceptors (Lipinski definition) is 4. The smallest absolute Gasteiger partial charge is 0.226 e. The highest BCUT2D eigenvalue weighted by molar-refractivity contribution is 5.85. The minimum Gasteiger partial charge on any atom is -0.493 e. The number of nitrogen functional groups attached to an aromatic ring is 1. The van der Waals surface area contributed by atoms with Crippen LogP contribution in [0.1, 0.15) is 23.7 Å². The van der Waals surface area contributed by atoms with E-state index in [1.807, 2.05) is 24.3 Å². The fourth-order valence-corrected chi connectivity index (χ4v) is 2.44. The molecule has 5 nitrogen and oxygen atoms in total. The lowest BCUT2D eigenvalue weighted by Crippen LogP contribution is -2.33. The summed E-state index contributed by atoms with van der Waals surface area (Å²) in [4.78, 5) is 16.3. The van der Waals surface area contributed by atoms with Crippen LogP contribution in [0.2, 0.25) is 0 Å². The molecule has 1 unspecified atom stereocenters. The molecule has 1 atom stereocenters. The zero-order valence-electron chi connectivity index (χ0n) is 12.0. The van der Waals surface area contributed by atoms with E-state index in [-0.39, 0.29) is 30.8 Å². The number of ether oxygens (including phenoxy) is 1. The quantitative estimate of drug-likeness (QED) is 0.909. The molecule has 6 heteroatoms. The number of benzene rings is 1. The van der Waals surface area contributed by atoms with Crippen LogP contribution in [0.25, 0.3) is 0 Å². The van der Waals surface area contributed by atoms with Crippen molar-refractivity contribution in [3.05, 3.63) is 53.9 Å². The number of nitrogens with zero attached hydrogens (tertiary/aromatic N) is 1. The fraction of sp³-hybridized carbons (Fsp3) is 0.250. The molecule has 0 saturated heterocycles. The number of nitrogens with two attached hydrogens (primary N) is 1. The Labute approximate surface area is 135 Å². The van der Waals surface area contributed by atoms with Crippen LogP contribution in [0.4, 0.5) is 5.69 Å². The Morgan fingerprint density at radius 2 is 2.14 bits per heavy atom. The number of pyridine rings is 1. The van der Waals surface area contributed by atoms with Crippen LogP contribution in [0.15, 0.2) is 42.6 Å². The first-order valence-electron chi connectivity index (χ1n) is 6.94. The van der Waals surface area contributed by atoms with E-state index in [0.29, 0.717) is 18.0 Å². The van der Waals surface area contributed by atoms with E-state index in [4.69, 9.17) is 10.5 Å². The van der Waals surface area contributed by atoms with Crippen molar-refractivity contribution in [1.82, 2.24) is 10.3 Å². The van der Waals surface area contributed by atoms with Crippen molar-refractivity contribution in [2.24, 2.45) is 0 Å². The summed E-state index contributed by atoms with van der Waals surface area (Å²) in [6.07, 6.45) is 2.59. The predicted octanol–water partition coefficient (Wildman–Crippen LogP) is 2.27. The molecular formula is C16H18ClN3O2. The number of anilines is 1. The lowest BCUT2D eigenvalue weighted by molar-refractivity contribution is -0.121. The van der Waals surface area contributed by atoms with Crippen LogP contribution in [0.3, 0.4) is 0 Å². The molecule has 2 heterocycles. The molecule has 22 heavy (non-hydrogen) atoms. The molecule has 1 aliphatic heterocycles. The van der Waals surface area contributed by atoms with Crippen LogP contribution in [-0.4, -0.2) is 17.5 Å². The number of carbonyl (C=O) groups is 1. The SMILES string of the molecule is Cl.Nc1ccc(CC(=O)NC2CCOc3ccccc32)nc1. The zero-order chi connectivity index (χ0) is 14.7. The third-order valence-electron chi connectivity index (χ3n) is 3.48. The van der Waals surface area contributed by atoms with Crippen LogP contribution in [0, 0.1) is 0 Å². The van der Waals surface area contributed by atoms with Gasteiger partial charge in [-0.1, -0.05) is 18.2 Å². The maximum atomic E-state index is 12.2. The third kappa shape index (κ3) is 3.68. The molecule has 1 aromatic heterocycles. The molecule has 1 aliphatic rings. The summed E-state index contributed by atoms with van der Waals surface area (Å²) in [6, 6.07) is 11.3. The Hall–Kier alpha value is -2.27. The Morgan fingerprint density at radius 1 is 1.32 bits per heavy atom. The van der Waals surface area contributed by atoms with Gasteiger partial charge in [-0.25, -0.2) is 0 Å². The lowest BCUT2D eigenvalue weighted by atomic mass is 10.0. The van der Waals surface area contributed by atoms with Gasteiger partial charge in [-0.3, -0.25) is 9.78 Å². The first-order valence-corrected chi connectivity index (χ1v) is 6.94. The molecule has 2 aromatic rings. The molecule has 3 N–H and O–H groups in total. The van der Waals surface area contributed by atoms with Gasteiger partial charge in [0, 0.05) is 17.7 Å². The van der Waals surface area contributed by atoms with Crippen molar-refractivity contribution in [2.75, 3.05) is 12.3 Å². The van der Waals surface area contributed by atoms with Crippen molar-refractivity contribution in [2.45, 2.75) is 18.9 Å². The topological polar surface area (TPSA) is 77.2 Å². The molecule has 0 spiro atoms. The van der Waals surface area contributed by atoms with Gasteiger partial charge in [0.2, 0.25) is 5.91 Å². The standard InChI is InChI=1S/C16H17N3O2.ClH/c17-11-5-6-12(18-10-11)9-16(20)19-14-7-8-21-15-4-2-1-3-13(14)15;/h1-6,10,14H,7-9,17H2,(H,19,20);1H. The normalized spacial score (nSPS) is 15.9. The molecular weight excluding hydrogens is 302 g/mol. The van der Waals surface area contributed by atoms with E-state index in [1.54, 1.807) is 18.3 Å².